The highest BCUT2D eigenvalue weighted by Crippen LogP contribution is 1.94. The normalized spacial score (nSPS) is 9.41. The third kappa shape index (κ3) is 4.97. The molecule has 0 radical (unpaired) electrons. The first-order valence-corrected chi connectivity index (χ1v) is 6.02. The van der Waals surface area contributed by atoms with Crippen LogP contribution >= 0.6 is 9.24 Å². The molecule has 2 rings (SSSR count). The van der Waals surface area contributed by atoms with Crippen molar-refractivity contribution >= 4 is 14.5 Å². The summed E-state index contributed by atoms with van der Waals surface area (Å²) in [5.41, 5.74) is 2.38. The molecule has 1 aromatic carbocycles. The van der Waals surface area contributed by atoms with Crippen LogP contribution in [0.5, 0.6) is 0 Å². The van der Waals surface area contributed by atoms with Gasteiger partial charge in [-0.1, -0.05) is 29.8 Å². The number of hydrogen-bond acceptors (Lipinski definition) is 1. The van der Waals surface area contributed by atoms with Crippen LogP contribution in [0.25, 0.3) is 0 Å². The van der Waals surface area contributed by atoms with Gasteiger partial charge < -0.3 is 4.57 Å². The van der Waals surface area contributed by atoms with Crippen LogP contribution in [0.4, 0.5) is 0 Å². The molecular weight excluding hydrogens is 229 g/mol. The van der Waals surface area contributed by atoms with Crippen LogP contribution in [0.2, 0.25) is 0 Å². The fraction of sp³-hybridized carbons (Fsp3) is 0.214. The molecule has 2 aromatic rings. The number of hydrogen-bond donors (Lipinski definition) is 0. The maximum absolute atomic E-state index is 10.8. The molecule has 0 N–H and O–H groups in total. The van der Waals surface area contributed by atoms with Crippen molar-refractivity contribution in [2.24, 2.45) is 7.05 Å². The maximum Gasteiger partial charge on any atom is 0.250 e. The molecule has 0 bridgehead atoms. The van der Waals surface area contributed by atoms with Gasteiger partial charge in [0.25, 0.3) is 5.56 Å². The lowest BCUT2D eigenvalue weighted by atomic mass is 10.2. The molecule has 1 heterocycles. The van der Waals surface area contributed by atoms with Gasteiger partial charge in [0.15, 0.2) is 0 Å². The third-order valence-electron chi connectivity index (χ3n) is 2.34. The molecule has 0 saturated carbocycles. The molecule has 0 amide bonds. The molecular formula is C14H18NOP. The van der Waals surface area contributed by atoms with Crippen molar-refractivity contribution in [3.8, 4) is 0 Å². The monoisotopic (exact) mass is 247 g/mol. The first kappa shape index (κ1) is 13.7. The predicted octanol–water partition coefficient (Wildman–Crippen LogP) is 2.19. The van der Waals surface area contributed by atoms with Gasteiger partial charge in [-0.05, 0) is 30.8 Å². The third-order valence-corrected chi connectivity index (χ3v) is 2.72. The Kier molecular flexibility index (Phi) is 5.11. The zero-order valence-electron chi connectivity index (χ0n) is 10.5. The maximum atomic E-state index is 10.8. The van der Waals surface area contributed by atoms with E-state index in [0.717, 1.165) is 5.56 Å². The van der Waals surface area contributed by atoms with E-state index in [1.54, 1.807) is 23.9 Å². The zero-order chi connectivity index (χ0) is 12.8. The molecule has 1 atom stereocenters. The van der Waals surface area contributed by atoms with Gasteiger partial charge in [-0.25, -0.2) is 0 Å². The average molecular weight is 247 g/mol. The molecule has 0 saturated heterocycles. The summed E-state index contributed by atoms with van der Waals surface area (Å²) >= 11 is 0. The van der Waals surface area contributed by atoms with Crippen molar-refractivity contribution < 1.29 is 0 Å². The topological polar surface area (TPSA) is 22.0 Å². The molecule has 90 valence electrons. The van der Waals surface area contributed by atoms with Crippen LogP contribution in [0.1, 0.15) is 11.1 Å². The average Bonchev–Trinajstić information content (AvgIpc) is 2.29. The lowest BCUT2D eigenvalue weighted by Crippen LogP contribution is -2.13. The van der Waals surface area contributed by atoms with E-state index in [9.17, 15) is 4.79 Å². The van der Waals surface area contributed by atoms with Crippen LogP contribution in [-0.2, 0) is 7.05 Å². The minimum absolute atomic E-state index is 0.0509. The molecule has 2 nitrogen and oxygen atoms in total. The van der Waals surface area contributed by atoms with Crippen molar-refractivity contribution in [1.82, 2.24) is 4.57 Å². The van der Waals surface area contributed by atoms with Crippen molar-refractivity contribution in [3.05, 3.63) is 64.1 Å². The Bertz CT molecular complexity index is 508. The second-order valence-corrected chi connectivity index (χ2v) is 4.73. The van der Waals surface area contributed by atoms with Gasteiger partial charge in [0.1, 0.15) is 0 Å². The molecule has 0 fully saturated rings. The summed E-state index contributed by atoms with van der Waals surface area (Å²) in [5.74, 6) is 0. The Morgan fingerprint density at radius 1 is 1.00 bits per heavy atom. The fourth-order valence-corrected chi connectivity index (χ4v) is 1.41. The van der Waals surface area contributed by atoms with Crippen molar-refractivity contribution in [2.75, 3.05) is 0 Å². The predicted molar refractivity (Wildman–Crippen MR) is 76.9 cm³/mol. The minimum Gasteiger partial charge on any atom is -0.319 e. The van der Waals surface area contributed by atoms with Gasteiger partial charge in [-0.3, -0.25) is 4.79 Å². The minimum atomic E-state index is 0.0509. The highest BCUT2D eigenvalue weighted by Gasteiger charge is 1.86. The van der Waals surface area contributed by atoms with Gasteiger partial charge in [-0.2, -0.15) is 0 Å². The summed E-state index contributed by atoms with van der Waals surface area (Å²) in [7, 11) is 4.39. The number of benzene rings is 1. The number of rotatable bonds is 0. The van der Waals surface area contributed by atoms with E-state index in [2.05, 4.69) is 40.4 Å². The number of aromatic nitrogens is 1. The second kappa shape index (κ2) is 6.36. The van der Waals surface area contributed by atoms with Gasteiger partial charge in [0.05, 0.1) is 0 Å². The standard InChI is InChI=1S/C7H9NO.C7H9P/c1-6-3-4-8(2)7(9)5-6;1-6-2-4-7(8)5-3-6/h3-5H,1-2H3;2-5H,8H2,1H3. The van der Waals surface area contributed by atoms with E-state index < -0.39 is 0 Å². The van der Waals surface area contributed by atoms with E-state index in [-0.39, 0.29) is 5.56 Å². The summed E-state index contributed by atoms with van der Waals surface area (Å²) < 4.78 is 1.55. The smallest absolute Gasteiger partial charge is 0.250 e. The Morgan fingerprint density at radius 3 is 2.00 bits per heavy atom. The lowest BCUT2D eigenvalue weighted by Gasteiger charge is -1.94. The van der Waals surface area contributed by atoms with Gasteiger partial charge in [0, 0.05) is 19.3 Å². The SMILES string of the molecule is Cc1ccc(P)cc1.Cc1ccn(C)c(=O)c1. The quantitative estimate of drug-likeness (QED) is 0.654. The van der Waals surface area contributed by atoms with Crippen molar-refractivity contribution in [1.29, 1.82) is 0 Å². The Balaban J connectivity index is 0.000000171. The largest absolute Gasteiger partial charge is 0.319 e. The van der Waals surface area contributed by atoms with E-state index in [4.69, 9.17) is 0 Å². The van der Waals surface area contributed by atoms with E-state index >= 15 is 0 Å². The summed E-state index contributed by atoms with van der Waals surface area (Å²) in [6, 6.07) is 11.9. The van der Waals surface area contributed by atoms with E-state index in [0.29, 0.717) is 0 Å². The van der Waals surface area contributed by atoms with Gasteiger partial charge in [0.2, 0.25) is 0 Å². The van der Waals surface area contributed by atoms with Crippen molar-refractivity contribution in [3.63, 3.8) is 0 Å². The molecule has 3 heteroatoms. The van der Waals surface area contributed by atoms with Crippen LogP contribution in [0, 0.1) is 13.8 Å². The highest BCUT2D eigenvalue weighted by molar-refractivity contribution is 7.27. The van der Waals surface area contributed by atoms with E-state index in [1.807, 2.05) is 13.0 Å². The van der Waals surface area contributed by atoms with Crippen LogP contribution in [0.3, 0.4) is 0 Å². The van der Waals surface area contributed by atoms with Gasteiger partial charge in [-0.15, -0.1) is 9.24 Å². The van der Waals surface area contributed by atoms with Crippen LogP contribution < -0.4 is 10.9 Å². The molecule has 17 heavy (non-hydrogen) atoms. The Hall–Kier alpha value is -1.40. The van der Waals surface area contributed by atoms with Crippen molar-refractivity contribution in [2.45, 2.75) is 13.8 Å². The molecule has 0 aliphatic rings. The Morgan fingerprint density at radius 2 is 1.59 bits per heavy atom. The molecule has 1 aromatic heterocycles. The Labute approximate surface area is 105 Å². The summed E-state index contributed by atoms with van der Waals surface area (Å²) in [6.45, 7) is 3.99. The number of pyridine rings is 1. The lowest BCUT2D eigenvalue weighted by molar-refractivity contribution is 0.856. The summed E-state index contributed by atoms with van der Waals surface area (Å²) in [6.07, 6.45) is 1.76. The molecule has 0 aliphatic carbocycles. The fourth-order valence-electron chi connectivity index (χ4n) is 1.21. The van der Waals surface area contributed by atoms with E-state index in [1.165, 1.54) is 10.9 Å². The van der Waals surface area contributed by atoms with Crippen LogP contribution in [0.15, 0.2) is 47.4 Å². The first-order chi connectivity index (χ1) is 7.99. The highest BCUT2D eigenvalue weighted by atomic mass is 31.0. The summed E-state index contributed by atoms with van der Waals surface area (Å²) in [5, 5.41) is 1.25. The number of nitrogens with zero attached hydrogens (tertiary/aromatic N) is 1. The van der Waals surface area contributed by atoms with Crippen LogP contribution in [-0.4, -0.2) is 4.57 Å². The molecule has 0 aliphatic heterocycles. The summed E-state index contributed by atoms with van der Waals surface area (Å²) in [4.78, 5) is 10.8. The first-order valence-electron chi connectivity index (χ1n) is 5.44. The zero-order valence-corrected chi connectivity index (χ0v) is 11.6. The number of aryl methyl sites for hydroxylation is 3. The molecule has 0 spiro atoms. The second-order valence-electron chi connectivity index (χ2n) is 4.06. The molecule has 1 unspecified atom stereocenters. The van der Waals surface area contributed by atoms with Gasteiger partial charge >= 0.3 is 0 Å².